The topological polar surface area (TPSA) is 75.7 Å². The Labute approximate surface area is 137 Å². The second kappa shape index (κ2) is 6.63. The first-order chi connectivity index (χ1) is 11.2. The summed E-state index contributed by atoms with van der Waals surface area (Å²) in [7, 11) is 0. The van der Waals surface area contributed by atoms with Gasteiger partial charge in [-0.1, -0.05) is 11.6 Å². The van der Waals surface area contributed by atoms with Gasteiger partial charge in [0.05, 0.1) is 30.3 Å². The van der Waals surface area contributed by atoms with Crippen molar-refractivity contribution in [2.75, 3.05) is 13.3 Å². The van der Waals surface area contributed by atoms with Crippen molar-refractivity contribution in [2.45, 2.75) is 13.0 Å². The van der Waals surface area contributed by atoms with E-state index in [1.54, 1.807) is 30.5 Å². The van der Waals surface area contributed by atoms with Crippen LogP contribution in [0.25, 0.3) is 0 Å². The monoisotopic (exact) mass is 332 g/mol. The van der Waals surface area contributed by atoms with Crippen LogP contribution in [0.15, 0.2) is 34.9 Å². The number of rotatable bonds is 5. The predicted octanol–water partition coefficient (Wildman–Crippen LogP) is 3.22. The smallest absolute Gasteiger partial charge is 0.254 e. The Hall–Kier alpha value is -2.65. The number of nitrogens with zero attached hydrogens (tertiary/aromatic N) is 2. The average Bonchev–Trinajstić information content (AvgIpc) is 3.22. The van der Waals surface area contributed by atoms with Gasteiger partial charge < -0.3 is 18.8 Å². The zero-order valence-electron chi connectivity index (χ0n) is 12.1. The fourth-order valence-corrected chi connectivity index (χ4v) is 2.57. The van der Waals surface area contributed by atoms with Gasteiger partial charge in [-0.2, -0.15) is 5.26 Å². The minimum absolute atomic E-state index is 0.0806. The summed E-state index contributed by atoms with van der Waals surface area (Å²) in [6.45, 7) is 0.652. The quantitative estimate of drug-likeness (QED) is 0.840. The number of amides is 1. The molecular weight excluding hydrogens is 320 g/mol. The van der Waals surface area contributed by atoms with Gasteiger partial charge in [-0.15, -0.1) is 0 Å². The van der Waals surface area contributed by atoms with E-state index < -0.39 is 0 Å². The highest BCUT2D eigenvalue weighted by Gasteiger charge is 2.23. The standard InChI is InChI=1S/C16H13ClN2O4/c17-13-7-11(8-14-15(13)23-10-22-14)16(20)19(5-2-4-18)9-12-3-1-6-21-12/h1,3,6-8H,2,5,9-10H2. The Kier molecular flexibility index (Phi) is 4.40. The molecule has 1 aliphatic heterocycles. The summed E-state index contributed by atoms with van der Waals surface area (Å²) >= 11 is 6.12. The zero-order valence-corrected chi connectivity index (χ0v) is 12.9. The molecule has 1 aromatic heterocycles. The summed E-state index contributed by atoms with van der Waals surface area (Å²) in [6.07, 6.45) is 1.77. The van der Waals surface area contributed by atoms with Crippen LogP contribution in [0.1, 0.15) is 22.5 Å². The van der Waals surface area contributed by atoms with Crippen LogP contribution in [0.2, 0.25) is 5.02 Å². The molecule has 23 heavy (non-hydrogen) atoms. The average molecular weight is 333 g/mol. The highest BCUT2D eigenvalue weighted by molar-refractivity contribution is 6.32. The molecule has 0 radical (unpaired) electrons. The number of hydrogen-bond acceptors (Lipinski definition) is 5. The molecule has 0 spiro atoms. The first kappa shape index (κ1) is 15.3. The van der Waals surface area contributed by atoms with Crippen molar-refractivity contribution in [2.24, 2.45) is 0 Å². The molecule has 0 aliphatic carbocycles. The molecule has 0 atom stereocenters. The van der Waals surface area contributed by atoms with Crippen LogP contribution in [0.3, 0.4) is 0 Å². The van der Waals surface area contributed by atoms with Crippen molar-refractivity contribution < 1.29 is 18.7 Å². The first-order valence-electron chi connectivity index (χ1n) is 6.97. The molecule has 0 saturated heterocycles. The maximum atomic E-state index is 12.7. The zero-order chi connectivity index (χ0) is 16.2. The highest BCUT2D eigenvalue weighted by Crippen LogP contribution is 2.40. The molecule has 0 N–H and O–H groups in total. The Balaban J connectivity index is 1.85. The van der Waals surface area contributed by atoms with Crippen molar-refractivity contribution in [1.29, 1.82) is 5.26 Å². The minimum atomic E-state index is -0.253. The third-order valence-corrected chi connectivity index (χ3v) is 3.66. The van der Waals surface area contributed by atoms with Crippen LogP contribution in [-0.2, 0) is 6.54 Å². The molecule has 0 saturated carbocycles. The van der Waals surface area contributed by atoms with E-state index in [9.17, 15) is 4.79 Å². The number of carbonyl (C=O) groups excluding carboxylic acids is 1. The number of fused-ring (bicyclic) bond motifs is 1. The molecule has 0 unspecified atom stereocenters. The number of hydrogen-bond donors (Lipinski definition) is 0. The molecule has 6 nitrogen and oxygen atoms in total. The lowest BCUT2D eigenvalue weighted by molar-refractivity contribution is 0.0735. The summed E-state index contributed by atoms with van der Waals surface area (Å²) in [5.74, 6) is 1.27. The third-order valence-electron chi connectivity index (χ3n) is 3.38. The minimum Gasteiger partial charge on any atom is -0.467 e. The molecular formula is C16H13ClN2O4. The number of carbonyl (C=O) groups is 1. The van der Waals surface area contributed by atoms with Gasteiger partial charge in [-0.25, -0.2) is 0 Å². The van der Waals surface area contributed by atoms with Crippen LogP contribution in [0.5, 0.6) is 11.5 Å². The maximum Gasteiger partial charge on any atom is 0.254 e. The van der Waals surface area contributed by atoms with Crippen molar-refractivity contribution in [3.8, 4) is 17.6 Å². The molecule has 3 rings (SSSR count). The van der Waals surface area contributed by atoms with E-state index in [0.29, 0.717) is 34.4 Å². The van der Waals surface area contributed by atoms with E-state index in [1.165, 1.54) is 4.90 Å². The van der Waals surface area contributed by atoms with Crippen molar-refractivity contribution in [3.63, 3.8) is 0 Å². The van der Waals surface area contributed by atoms with Gasteiger partial charge in [-0.3, -0.25) is 4.79 Å². The van der Waals surface area contributed by atoms with E-state index in [0.717, 1.165) is 0 Å². The molecule has 1 aliphatic rings. The number of furan rings is 1. The second-order valence-electron chi connectivity index (χ2n) is 4.91. The third kappa shape index (κ3) is 3.25. The lowest BCUT2D eigenvalue weighted by Gasteiger charge is -2.20. The van der Waals surface area contributed by atoms with E-state index in [-0.39, 0.29) is 25.7 Å². The van der Waals surface area contributed by atoms with E-state index in [4.69, 9.17) is 30.8 Å². The van der Waals surface area contributed by atoms with E-state index >= 15 is 0 Å². The predicted molar refractivity (Wildman–Crippen MR) is 81.3 cm³/mol. The molecule has 1 amide bonds. The Morgan fingerprint density at radius 2 is 2.26 bits per heavy atom. The van der Waals surface area contributed by atoms with Crippen LogP contribution in [0.4, 0.5) is 0 Å². The Morgan fingerprint density at radius 3 is 3.00 bits per heavy atom. The van der Waals surface area contributed by atoms with Gasteiger partial charge in [-0.05, 0) is 24.3 Å². The molecule has 7 heteroatoms. The Bertz CT molecular complexity index is 752. The van der Waals surface area contributed by atoms with Crippen LogP contribution < -0.4 is 9.47 Å². The van der Waals surface area contributed by atoms with Gasteiger partial charge in [0.1, 0.15) is 5.76 Å². The molecule has 2 aromatic rings. The van der Waals surface area contributed by atoms with Crippen LogP contribution >= 0.6 is 11.6 Å². The van der Waals surface area contributed by atoms with Crippen LogP contribution in [-0.4, -0.2) is 24.1 Å². The normalized spacial score (nSPS) is 12.0. The van der Waals surface area contributed by atoms with Crippen molar-refractivity contribution >= 4 is 17.5 Å². The number of nitriles is 1. The van der Waals surface area contributed by atoms with Crippen molar-refractivity contribution in [3.05, 3.63) is 46.9 Å². The van der Waals surface area contributed by atoms with Gasteiger partial charge in [0, 0.05) is 12.1 Å². The molecule has 1 aromatic carbocycles. The first-order valence-corrected chi connectivity index (χ1v) is 7.34. The summed E-state index contributed by atoms with van der Waals surface area (Å²) in [5.41, 5.74) is 0.378. The number of ether oxygens (including phenoxy) is 2. The maximum absolute atomic E-state index is 12.7. The van der Waals surface area contributed by atoms with Gasteiger partial charge in [0.15, 0.2) is 11.5 Å². The summed E-state index contributed by atoms with van der Waals surface area (Å²) in [4.78, 5) is 14.3. The number of halogens is 1. The fraction of sp³-hybridized carbons (Fsp3) is 0.250. The van der Waals surface area contributed by atoms with Crippen LogP contribution in [0, 0.1) is 11.3 Å². The van der Waals surface area contributed by atoms with E-state index in [2.05, 4.69) is 0 Å². The van der Waals surface area contributed by atoms with E-state index in [1.807, 2.05) is 6.07 Å². The fourth-order valence-electron chi connectivity index (χ4n) is 2.30. The number of benzene rings is 1. The SMILES string of the molecule is N#CCCN(Cc1ccco1)C(=O)c1cc(Cl)c2c(c1)OCO2. The molecule has 118 valence electrons. The van der Waals surface area contributed by atoms with Crippen molar-refractivity contribution in [1.82, 2.24) is 4.90 Å². The highest BCUT2D eigenvalue weighted by atomic mass is 35.5. The van der Waals surface area contributed by atoms with Gasteiger partial charge >= 0.3 is 0 Å². The van der Waals surface area contributed by atoms with Gasteiger partial charge in [0.2, 0.25) is 6.79 Å². The largest absolute Gasteiger partial charge is 0.467 e. The lowest BCUT2D eigenvalue weighted by Crippen LogP contribution is -2.31. The second-order valence-corrected chi connectivity index (χ2v) is 5.31. The molecule has 0 fully saturated rings. The summed E-state index contributed by atoms with van der Waals surface area (Å²) < 4.78 is 15.8. The lowest BCUT2D eigenvalue weighted by atomic mass is 10.1. The van der Waals surface area contributed by atoms with Gasteiger partial charge in [0.25, 0.3) is 5.91 Å². The summed E-state index contributed by atoms with van der Waals surface area (Å²) in [5, 5.41) is 9.12. The molecule has 2 heterocycles. The molecule has 0 bridgehead atoms. The summed E-state index contributed by atoms with van der Waals surface area (Å²) in [6, 6.07) is 8.70. The Morgan fingerprint density at radius 1 is 1.39 bits per heavy atom.